The van der Waals surface area contributed by atoms with E-state index in [0.717, 1.165) is 35.1 Å². The van der Waals surface area contributed by atoms with Gasteiger partial charge in [0.15, 0.2) is 5.82 Å². The van der Waals surface area contributed by atoms with Crippen molar-refractivity contribution in [3.05, 3.63) is 30.1 Å². The zero-order valence-corrected chi connectivity index (χ0v) is 18.0. The fourth-order valence-corrected chi connectivity index (χ4v) is 3.84. The van der Waals surface area contributed by atoms with Crippen LogP contribution in [-0.4, -0.2) is 34.3 Å². The van der Waals surface area contributed by atoms with Gasteiger partial charge in [-0.2, -0.15) is 0 Å². The lowest BCUT2D eigenvalue weighted by atomic mass is 10.1. The molecule has 3 aromatic rings. The van der Waals surface area contributed by atoms with E-state index in [1.165, 1.54) is 0 Å². The molecule has 0 unspecified atom stereocenters. The number of rotatable bonds is 9. The first-order valence-corrected chi connectivity index (χ1v) is 11.3. The maximum atomic E-state index is 11.7. The Morgan fingerprint density at radius 3 is 2.59 bits per heavy atom. The second kappa shape index (κ2) is 8.25. The first kappa shape index (κ1) is 21.5. The zero-order valence-electron chi connectivity index (χ0n) is 17.2. The van der Waals surface area contributed by atoms with E-state index in [9.17, 15) is 8.42 Å². The van der Waals surface area contributed by atoms with Crippen LogP contribution in [0, 0.1) is 0 Å². The van der Waals surface area contributed by atoms with Crippen molar-refractivity contribution >= 4 is 37.8 Å². The number of ether oxygens (including phenoxy) is 1. The van der Waals surface area contributed by atoms with Crippen molar-refractivity contribution < 1.29 is 13.2 Å². The van der Waals surface area contributed by atoms with Crippen molar-refractivity contribution in [2.45, 2.75) is 57.9 Å². The Balaban J connectivity index is 1.94. The van der Waals surface area contributed by atoms with Crippen LogP contribution in [0.1, 0.15) is 45.9 Å². The number of hydrogen-bond donors (Lipinski definition) is 2. The van der Waals surface area contributed by atoms with E-state index >= 15 is 0 Å². The van der Waals surface area contributed by atoms with E-state index in [2.05, 4.69) is 9.55 Å². The monoisotopic (exact) mass is 419 g/mol. The number of primary sulfonamides is 1. The Morgan fingerprint density at radius 2 is 1.90 bits per heavy atom. The minimum Gasteiger partial charge on any atom is -0.382 e. The van der Waals surface area contributed by atoms with Gasteiger partial charge in [-0.15, -0.1) is 0 Å². The second-order valence-corrected chi connectivity index (χ2v) is 9.99. The number of aryl methyl sites for hydroxylation is 1. The molecule has 8 nitrogen and oxygen atoms in total. The predicted molar refractivity (Wildman–Crippen MR) is 116 cm³/mol. The van der Waals surface area contributed by atoms with Gasteiger partial charge in [0.1, 0.15) is 17.9 Å². The van der Waals surface area contributed by atoms with Crippen LogP contribution in [0.5, 0.6) is 0 Å². The Bertz CT molecular complexity index is 1120. The lowest BCUT2D eigenvalue weighted by Crippen LogP contribution is -2.37. The summed E-state index contributed by atoms with van der Waals surface area (Å²) in [5, 5.41) is 6.33. The van der Waals surface area contributed by atoms with Crippen molar-refractivity contribution in [2.75, 3.05) is 12.3 Å². The number of hydrogen-bond acceptors (Lipinski definition) is 6. The molecule has 9 heteroatoms. The number of nitrogen functional groups attached to an aromatic ring is 1. The number of nitrogens with two attached hydrogens (primary N) is 2. The number of fused-ring (bicyclic) bond motifs is 3. The Hall–Kier alpha value is -2.23. The van der Waals surface area contributed by atoms with Crippen LogP contribution in [0.25, 0.3) is 21.9 Å². The zero-order chi connectivity index (χ0) is 21.2. The van der Waals surface area contributed by atoms with Crippen LogP contribution < -0.4 is 10.9 Å². The number of para-hydroxylation sites is 1. The molecule has 0 aliphatic heterocycles. The highest BCUT2D eigenvalue weighted by Gasteiger charge is 2.30. The maximum Gasteiger partial charge on any atom is 0.214 e. The lowest BCUT2D eigenvalue weighted by molar-refractivity contribution is 0.126. The molecule has 1 aromatic carbocycles. The second-order valence-electron chi connectivity index (χ2n) is 7.79. The number of nitrogens with zero attached hydrogens (tertiary/aromatic N) is 3. The highest BCUT2D eigenvalue weighted by atomic mass is 32.2. The number of anilines is 1. The van der Waals surface area contributed by atoms with Crippen molar-refractivity contribution in [3.8, 4) is 0 Å². The summed E-state index contributed by atoms with van der Waals surface area (Å²) >= 11 is 0. The van der Waals surface area contributed by atoms with Gasteiger partial charge >= 0.3 is 0 Å². The molecule has 2 aromatic heterocycles. The van der Waals surface area contributed by atoms with E-state index in [4.69, 9.17) is 20.6 Å². The lowest BCUT2D eigenvalue weighted by Gasteiger charge is -2.21. The van der Waals surface area contributed by atoms with Gasteiger partial charge in [0.05, 0.1) is 15.8 Å². The first-order valence-electron chi connectivity index (χ1n) is 9.79. The third-order valence-electron chi connectivity index (χ3n) is 5.31. The molecule has 2 heterocycles. The number of sulfonamides is 1. The van der Waals surface area contributed by atoms with Crippen LogP contribution in [0.2, 0.25) is 0 Å². The Morgan fingerprint density at radius 1 is 1.17 bits per heavy atom. The summed E-state index contributed by atoms with van der Waals surface area (Å²) in [5.74, 6) is 1.18. The molecule has 0 atom stereocenters. The minimum absolute atomic E-state index is 0.377. The topological polar surface area (TPSA) is 126 Å². The van der Waals surface area contributed by atoms with E-state index in [-0.39, 0.29) is 0 Å². The molecule has 0 bridgehead atoms. The quantitative estimate of drug-likeness (QED) is 0.514. The summed E-state index contributed by atoms with van der Waals surface area (Å²) in [6.07, 6.45) is 1.99. The van der Waals surface area contributed by atoms with Crippen LogP contribution >= 0.6 is 0 Å². The largest absolute Gasteiger partial charge is 0.382 e. The van der Waals surface area contributed by atoms with Gasteiger partial charge in [0, 0.05) is 18.5 Å². The van der Waals surface area contributed by atoms with Gasteiger partial charge < -0.3 is 15.0 Å². The van der Waals surface area contributed by atoms with Crippen molar-refractivity contribution in [1.82, 2.24) is 14.5 Å². The minimum atomic E-state index is -3.59. The van der Waals surface area contributed by atoms with E-state index in [1.54, 1.807) is 13.8 Å². The molecular formula is C20H29N5O3S. The summed E-state index contributed by atoms with van der Waals surface area (Å²) in [6, 6.07) is 7.84. The summed E-state index contributed by atoms with van der Waals surface area (Å²) in [4.78, 5) is 9.18. The SMILES string of the molecule is CCOCc1nc2c(N)nc3ccccc3c2n1CCCCC(C)(C)S(N)(=O)=O. The third-order valence-corrected chi connectivity index (χ3v) is 7.05. The van der Waals surface area contributed by atoms with Gasteiger partial charge in [0.2, 0.25) is 10.0 Å². The molecule has 0 radical (unpaired) electrons. The van der Waals surface area contributed by atoms with Gasteiger partial charge in [0.25, 0.3) is 0 Å². The van der Waals surface area contributed by atoms with E-state index < -0.39 is 14.8 Å². The van der Waals surface area contributed by atoms with Crippen LogP contribution in [-0.2, 0) is 27.9 Å². The summed E-state index contributed by atoms with van der Waals surface area (Å²) < 4.78 is 30.2. The number of aromatic nitrogens is 3. The average Bonchev–Trinajstić information content (AvgIpc) is 3.02. The first-order chi connectivity index (χ1) is 13.7. The highest BCUT2D eigenvalue weighted by Crippen LogP contribution is 2.30. The van der Waals surface area contributed by atoms with Crippen LogP contribution in [0.15, 0.2) is 24.3 Å². The van der Waals surface area contributed by atoms with E-state index in [1.807, 2.05) is 31.2 Å². The number of imidazole rings is 1. The normalized spacial score (nSPS) is 12.8. The van der Waals surface area contributed by atoms with Crippen molar-refractivity contribution in [1.29, 1.82) is 0 Å². The fraction of sp³-hybridized carbons (Fsp3) is 0.500. The molecule has 0 saturated carbocycles. The van der Waals surface area contributed by atoms with Crippen LogP contribution in [0.3, 0.4) is 0 Å². The highest BCUT2D eigenvalue weighted by molar-refractivity contribution is 7.90. The predicted octanol–water partition coefficient (Wildman–Crippen LogP) is 2.94. The summed E-state index contributed by atoms with van der Waals surface area (Å²) in [7, 11) is -3.59. The molecule has 158 valence electrons. The molecule has 4 N–H and O–H groups in total. The standard InChI is InChI=1S/C20H29N5O3S/c1-4-28-13-16-24-17-18(14-9-5-6-10-15(14)23-19(17)21)25(16)12-8-7-11-20(2,3)29(22,26)27/h5-6,9-10H,4,7-8,11-13H2,1-3H3,(H2,21,23)(H2,22,26,27). The number of benzene rings is 1. The molecular weight excluding hydrogens is 390 g/mol. The summed E-state index contributed by atoms with van der Waals surface area (Å²) in [5.41, 5.74) is 8.61. The average molecular weight is 420 g/mol. The Labute approximate surface area is 171 Å². The number of unbranched alkanes of at least 4 members (excludes halogenated alkanes) is 1. The van der Waals surface area contributed by atoms with Crippen molar-refractivity contribution in [2.24, 2.45) is 5.14 Å². The van der Waals surface area contributed by atoms with Gasteiger partial charge in [-0.3, -0.25) is 0 Å². The van der Waals surface area contributed by atoms with Gasteiger partial charge in [-0.25, -0.2) is 23.5 Å². The third kappa shape index (κ3) is 4.36. The van der Waals surface area contributed by atoms with Gasteiger partial charge in [-0.1, -0.05) is 24.6 Å². The van der Waals surface area contributed by atoms with E-state index in [0.29, 0.717) is 37.5 Å². The Kier molecular flexibility index (Phi) is 6.11. The molecule has 0 fully saturated rings. The number of pyridine rings is 1. The molecule has 3 rings (SSSR count). The smallest absolute Gasteiger partial charge is 0.214 e. The maximum absolute atomic E-state index is 11.7. The molecule has 0 aliphatic rings. The molecule has 29 heavy (non-hydrogen) atoms. The molecule has 0 spiro atoms. The molecule has 0 aliphatic carbocycles. The molecule has 0 amide bonds. The van der Waals surface area contributed by atoms with Gasteiger partial charge in [-0.05, 0) is 39.7 Å². The molecule has 0 saturated heterocycles. The van der Waals surface area contributed by atoms with Crippen molar-refractivity contribution in [3.63, 3.8) is 0 Å². The summed E-state index contributed by atoms with van der Waals surface area (Å²) in [6.45, 7) is 6.90. The fourth-order valence-electron chi connectivity index (χ4n) is 3.41. The van der Waals surface area contributed by atoms with Crippen LogP contribution in [0.4, 0.5) is 5.82 Å².